The number of nitrogens with zero attached hydrogens (tertiary/aromatic N) is 2. The lowest BCUT2D eigenvalue weighted by Crippen LogP contribution is -2.55. The van der Waals surface area contributed by atoms with Gasteiger partial charge in [-0.05, 0) is 44.4 Å². The molecule has 0 radical (unpaired) electrons. The molecule has 120 valence electrons. The third kappa shape index (κ3) is 3.33. The largest absolute Gasteiger partial charge is 0.409 e. The standard InChI is InChI=1S/C16H29N3O2/c1-12(2)11-16(8-4-5-9-16)15(20)19-10-6-3-7-13(19)14(17)18-21/h12-13,21H,3-11H2,1-2H3,(H2,17,18). The summed E-state index contributed by atoms with van der Waals surface area (Å²) in [6.07, 6.45) is 8.05. The molecule has 5 heteroatoms. The first-order valence-corrected chi connectivity index (χ1v) is 8.28. The Labute approximate surface area is 127 Å². The molecule has 1 aliphatic heterocycles. The predicted octanol–water partition coefficient (Wildman–Crippen LogP) is 2.72. The van der Waals surface area contributed by atoms with Crippen molar-refractivity contribution < 1.29 is 10.0 Å². The summed E-state index contributed by atoms with van der Waals surface area (Å²) in [5.74, 6) is 0.935. The van der Waals surface area contributed by atoms with Crippen LogP contribution >= 0.6 is 0 Å². The lowest BCUT2D eigenvalue weighted by atomic mass is 9.76. The Hall–Kier alpha value is -1.26. The van der Waals surface area contributed by atoms with E-state index >= 15 is 0 Å². The van der Waals surface area contributed by atoms with Gasteiger partial charge >= 0.3 is 0 Å². The molecule has 1 heterocycles. The second-order valence-corrected chi connectivity index (χ2v) is 7.12. The molecule has 1 amide bonds. The lowest BCUT2D eigenvalue weighted by Gasteiger charge is -2.41. The van der Waals surface area contributed by atoms with Crippen molar-refractivity contribution in [1.82, 2.24) is 4.90 Å². The molecule has 2 fully saturated rings. The van der Waals surface area contributed by atoms with Gasteiger partial charge in [-0.2, -0.15) is 0 Å². The van der Waals surface area contributed by atoms with Crippen LogP contribution in [-0.4, -0.2) is 34.4 Å². The molecule has 0 aromatic carbocycles. The van der Waals surface area contributed by atoms with Crippen LogP contribution in [0.1, 0.15) is 65.2 Å². The van der Waals surface area contributed by atoms with Crippen molar-refractivity contribution in [2.24, 2.45) is 22.2 Å². The Morgan fingerprint density at radius 1 is 1.33 bits per heavy atom. The number of likely N-dealkylation sites (tertiary alicyclic amines) is 1. The molecule has 3 N–H and O–H groups in total. The van der Waals surface area contributed by atoms with Gasteiger partial charge in [0.05, 0.1) is 6.04 Å². The number of hydrogen-bond acceptors (Lipinski definition) is 3. The summed E-state index contributed by atoms with van der Waals surface area (Å²) in [5, 5.41) is 12.1. The maximum Gasteiger partial charge on any atom is 0.229 e. The van der Waals surface area contributed by atoms with Gasteiger partial charge in [0.15, 0.2) is 5.84 Å². The van der Waals surface area contributed by atoms with Crippen molar-refractivity contribution >= 4 is 11.7 Å². The Bertz CT molecular complexity index is 400. The number of hydrogen-bond donors (Lipinski definition) is 2. The maximum absolute atomic E-state index is 13.2. The van der Waals surface area contributed by atoms with E-state index in [-0.39, 0.29) is 23.2 Å². The molecule has 0 aromatic heterocycles. The molecule has 1 aliphatic carbocycles. The smallest absolute Gasteiger partial charge is 0.229 e. The molecule has 0 bridgehead atoms. The normalized spacial score (nSPS) is 26.3. The minimum absolute atomic E-state index is 0.181. The van der Waals surface area contributed by atoms with Crippen molar-refractivity contribution in [1.29, 1.82) is 0 Å². The number of rotatable bonds is 4. The first kappa shape index (κ1) is 16.1. The second kappa shape index (κ2) is 6.67. The van der Waals surface area contributed by atoms with Crippen molar-refractivity contribution in [3.05, 3.63) is 0 Å². The van der Waals surface area contributed by atoms with Crippen LogP contribution in [0.4, 0.5) is 0 Å². The summed E-state index contributed by atoms with van der Waals surface area (Å²) in [6, 6.07) is -0.221. The average molecular weight is 295 g/mol. The molecule has 2 rings (SSSR count). The van der Waals surface area contributed by atoms with Crippen LogP contribution in [0, 0.1) is 11.3 Å². The van der Waals surface area contributed by atoms with E-state index < -0.39 is 0 Å². The number of piperidine rings is 1. The van der Waals surface area contributed by atoms with Crippen molar-refractivity contribution in [3.8, 4) is 0 Å². The molecular formula is C16H29N3O2. The van der Waals surface area contributed by atoms with Crippen LogP contribution in [0.3, 0.4) is 0 Å². The fourth-order valence-electron chi connectivity index (χ4n) is 4.19. The number of amidine groups is 1. The average Bonchev–Trinajstić information content (AvgIpc) is 2.94. The van der Waals surface area contributed by atoms with E-state index in [0.717, 1.165) is 57.9 Å². The molecule has 21 heavy (non-hydrogen) atoms. The molecule has 1 unspecified atom stereocenters. The van der Waals surface area contributed by atoms with Gasteiger partial charge in [0.2, 0.25) is 5.91 Å². The number of carbonyl (C=O) groups is 1. The highest BCUT2D eigenvalue weighted by atomic mass is 16.4. The molecule has 1 atom stereocenters. The van der Waals surface area contributed by atoms with Gasteiger partial charge in [-0.1, -0.05) is 31.8 Å². The van der Waals surface area contributed by atoms with E-state index in [0.29, 0.717) is 5.92 Å². The number of amides is 1. The molecular weight excluding hydrogens is 266 g/mol. The Morgan fingerprint density at radius 3 is 2.57 bits per heavy atom. The SMILES string of the molecule is CC(C)CC1(C(=O)N2CCCCC2C(N)=NO)CCCC1. The summed E-state index contributed by atoms with van der Waals surface area (Å²) in [4.78, 5) is 15.1. The summed E-state index contributed by atoms with van der Waals surface area (Å²) in [7, 11) is 0. The fraction of sp³-hybridized carbons (Fsp3) is 0.875. The molecule has 0 spiro atoms. The van der Waals surface area contributed by atoms with Gasteiger partial charge in [0.1, 0.15) is 0 Å². The Morgan fingerprint density at radius 2 is 2.00 bits per heavy atom. The Kier molecular flexibility index (Phi) is 5.12. The molecule has 0 aromatic rings. The van der Waals surface area contributed by atoms with Gasteiger partial charge in [0, 0.05) is 12.0 Å². The summed E-state index contributed by atoms with van der Waals surface area (Å²) in [6.45, 7) is 5.11. The maximum atomic E-state index is 13.2. The minimum Gasteiger partial charge on any atom is -0.409 e. The zero-order valence-electron chi connectivity index (χ0n) is 13.3. The van der Waals surface area contributed by atoms with Gasteiger partial charge < -0.3 is 15.8 Å². The fourth-order valence-corrected chi connectivity index (χ4v) is 4.19. The van der Waals surface area contributed by atoms with Crippen molar-refractivity contribution in [2.45, 2.75) is 71.3 Å². The first-order valence-electron chi connectivity index (χ1n) is 8.28. The minimum atomic E-state index is -0.221. The predicted molar refractivity (Wildman–Crippen MR) is 83.1 cm³/mol. The lowest BCUT2D eigenvalue weighted by molar-refractivity contribution is -0.145. The number of nitrogens with two attached hydrogens (primary N) is 1. The molecule has 5 nitrogen and oxygen atoms in total. The van der Waals surface area contributed by atoms with Crippen molar-refractivity contribution in [3.63, 3.8) is 0 Å². The van der Waals surface area contributed by atoms with Crippen LogP contribution in [0.5, 0.6) is 0 Å². The van der Waals surface area contributed by atoms with E-state index in [2.05, 4.69) is 19.0 Å². The molecule has 2 aliphatic rings. The highest BCUT2D eigenvalue weighted by molar-refractivity contribution is 5.92. The van der Waals surface area contributed by atoms with Gasteiger partial charge in [0.25, 0.3) is 0 Å². The van der Waals surface area contributed by atoms with E-state index in [1.807, 2.05) is 4.90 Å². The zero-order chi connectivity index (χ0) is 15.5. The summed E-state index contributed by atoms with van der Waals surface area (Å²) >= 11 is 0. The van der Waals surface area contributed by atoms with Gasteiger partial charge in [-0.25, -0.2) is 0 Å². The summed E-state index contributed by atoms with van der Waals surface area (Å²) in [5.41, 5.74) is 5.62. The Balaban J connectivity index is 2.22. The second-order valence-electron chi connectivity index (χ2n) is 7.12. The highest BCUT2D eigenvalue weighted by Crippen LogP contribution is 2.45. The van der Waals surface area contributed by atoms with Crippen LogP contribution in [0.25, 0.3) is 0 Å². The number of carbonyl (C=O) groups excluding carboxylic acids is 1. The van der Waals surface area contributed by atoms with Crippen LogP contribution in [0.15, 0.2) is 5.16 Å². The van der Waals surface area contributed by atoms with Crippen LogP contribution in [0.2, 0.25) is 0 Å². The van der Waals surface area contributed by atoms with Gasteiger partial charge in [-0.15, -0.1) is 0 Å². The van der Waals surface area contributed by atoms with Crippen LogP contribution < -0.4 is 5.73 Å². The molecule has 1 saturated carbocycles. The van der Waals surface area contributed by atoms with Crippen LogP contribution in [-0.2, 0) is 4.79 Å². The molecule has 1 saturated heterocycles. The van der Waals surface area contributed by atoms with E-state index in [1.165, 1.54) is 0 Å². The third-order valence-corrected chi connectivity index (χ3v) is 5.03. The number of oxime groups is 1. The third-order valence-electron chi connectivity index (χ3n) is 5.03. The first-order chi connectivity index (χ1) is 10.00. The van der Waals surface area contributed by atoms with E-state index in [9.17, 15) is 4.79 Å². The van der Waals surface area contributed by atoms with Gasteiger partial charge in [-0.3, -0.25) is 4.79 Å². The van der Waals surface area contributed by atoms with Crippen molar-refractivity contribution in [2.75, 3.05) is 6.54 Å². The quantitative estimate of drug-likeness (QED) is 0.362. The van der Waals surface area contributed by atoms with E-state index in [4.69, 9.17) is 10.9 Å². The van der Waals surface area contributed by atoms with E-state index in [1.54, 1.807) is 0 Å². The summed E-state index contributed by atoms with van der Waals surface area (Å²) < 4.78 is 0. The monoisotopic (exact) mass is 295 g/mol. The highest BCUT2D eigenvalue weighted by Gasteiger charge is 2.46. The topological polar surface area (TPSA) is 78.9 Å². The zero-order valence-corrected chi connectivity index (χ0v) is 13.3.